The number of benzene rings is 2. The average molecular weight is 442 g/mol. The van der Waals surface area contributed by atoms with Crippen molar-refractivity contribution in [2.75, 3.05) is 5.32 Å². The van der Waals surface area contributed by atoms with Crippen LogP contribution in [0, 0.1) is 11.6 Å². The van der Waals surface area contributed by atoms with Gasteiger partial charge in [-0.15, -0.1) is 0 Å². The number of rotatable bonds is 5. The molecule has 2 heterocycles. The maximum absolute atomic E-state index is 15.0. The summed E-state index contributed by atoms with van der Waals surface area (Å²) in [6.07, 6.45) is 1.72. The molecule has 0 saturated heterocycles. The van der Waals surface area contributed by atoms with Crippen LogP contribution in [-0.2, 0) is 11.3 Å². The highest BCUT2D eigenvalue weighted by Crippen LogP contribution is 2.28. The molecule has 0 atom stereocenters. The predicted octanol–water partition coefficient (Wildman–Crippen LogP) is 5.47. The number of ketones is 1. The van der Waals surface area contributed by atoms with Crippen molar-refractivity contribution in [1.29, 1.82) is 0 Å². The van der Waals surface area contributed by atoms with Gasteiger partial charge in [0.2, 0.25) is 5.78 Å². The highest BCUT2D eigenvalue weighted by Gasteiger charge is 2.25. The Hall–Kier alpha value is -3.78. The maximum Gasteiger partial charge on any atom is 0.412 e. The molecule has 4 rings (SSSR count). The number of hydrogen-bond donors (Lipinski definition) is 2. The summed E-state index contributed by atoms with van der Waals surface area (Å²) in [4.78, 5) is 31.7. The van der Waals surface area contributed by atoms with Gasteiger partial charge in [-0.25, -0.2) is 18.6 Å². The smallest absolute Gasteiger partial charge is 0.412 e. The van der Waals surface area contributed by atoms with Gasteiger partial charge in [0, 0.05) is 23.3 Å². The molecule has 0 radical (unpaired) electrons. The number of pyridine rings is 1. The van der Waals surface area contributed by atoms with Gasteiger partial charge in [0.15, 0.2) is 5.82 Å². The van der Waals surface area contributed by atoms with Crippen LogP contribution in [-0.4, -0.2) is 21.8 Å². The number of fused-ring (bicyclic) bond motifs is 1. The Labute approximate surface area is 179 Å². The molecule has 4 aromatic rings. The van der Waals surface area contributed by atoms with E-state index in [9.17, 15) is 18.4 Å². The van der Waals surface area contributed by atoms with Gasteiger partial charge in [0.25, 0.3) is 0 Å². The molecule has 0 aliphatic rings. The molecule has 9 heteroatoms. The van der Waals surface area contributed by atoms with Crippen molar-refractivity contribution in [1.82, 2.24) is 9.97 Å². The first-order valence-corrected chi connectivity index (χ1v) is 9.45. The molecule has 0 bridgehead atoms. The third-order valence-corrected chi connectivity index (χ3v) is 4.72. The summed E-state index contributed by atoms with van der Waals surface area (Å²) in [5.41, 5.74) is -0.140. The van der Waals surface area contributed by atoms with Crippen molar-refractivity contribution in [2.45, 2.75) is 6.61 Å². The molecule has 2 aromatic heterocycles. The summed E-state index contributed by atoms with van der Waals surface area (Å²) in [5.74, 6) is -3.22. The van der Waals surface area contributed by atoms with Crippen LogP contribution in [0.3, 0.4) is 0 Å². The molecule has 0 unspecified atom stereocenters. The van der Waals surface area contributed by atoms with Crippen LogP contribution in [0.25, 0.3) is 11.0 Å². The van der Waals surface area contributed by atoms with E-state index in [1.807, 2.05) is 6.07 Å². The molecule has 2 N–H and O–H groups in total. The summed E-state index contributed by atoms with van der Waals surface area (Å²) >= 11 is 5.92. The number of aromatic amines is 1. The van der Waals surface area contributed by atoms with E-state index in [0.717, 1.165) is 17.7 Å². The van der Waals surface area contributed by atoms with Gasteiger partial charge in [0.1, 0.15) is 18.1 Å². The first-order valence-electron chi connectivity index (χ1n) is 9.07. The second kappa shape index (κ2) is 8.53. The van der Waals surface area contributed by atoms with Gasteiger partial charge in [0.05, 0.1) is 16.3 Å². The van der Waals surface area contributed by atoms with Crippen LogP contribution >= 0.6 is 11.6 Å². The van der Waals surface area contributed by atoms with Gasteiger partial charge in [-0.3, -0.25) is 10.1 Å². The Balaban J connectivity index is 1.59. The molecule has 6 nitrogen and oxygen atoms in total. The van der Waals surface area contributed by atoms with Crippen LogP contribution in [0.15, 0.2) is 60.9 Å². The lowest BCUT2D eigenvalue weighted by molar-refractivity contribution is 0.103. The average Bonchev–Trinajstić information content (AvgIpc) is 3.18. The number of nitrogens with one attached hydrogen (secondary N) is 2. The fourth-order valence-corrected chi connectivity index (χ4v) is 3.18. The van der Waals surface area contributed by atoms with Gasteiger partial charge >= 0.3 is 6.09 Å². The molecule has 0 fully saturated rings. The third kappa shape index (κ3) is 4.24. The van der Waals surface area contributed by atoms with E-state index < -0.39 is 29.1 Å². The molecule has 0 spiro atoms. The molecular formula is C22H14ClF2N3O3. The first kappa shape index (κ1) is 20.5. The van der Waals surface area contributed by atoms with Crippen molar-refractivity contribution in [3.8, 4) is 0 Å². The SMILES string of the molecule is O=C(Nc1ccc(F)c(C(=O)c2c[nH]c3ncc(Cl)cc23)c1F)OCc1ccccc1. The molecule has 1 amide bonds. The number of carbonyl (C=O) groups excluding carboxylic acids is 2. The first-order chi connectivity index (χ1) is 14.9. The zero-order chi connectivity index (χ0) is 22.0. The Morgan fingerprint density at radius 1 is 1.13 bits per heavy atom. The number of amides is 1. The molecule has 0 aliphatic carbocycles. The fourth-order valence-electron chi connectivity index (χ4n) is 3.03. The Morgan fingerprint density at radius 2 is 1.90 bits per heavy atom. The summed E-state index contributed by atoms with van der Waals surface area (Å²) < 4.78 is 34.4. The largest absolute Gasteiger partial charge is 0.444 e. The summed E-state index contributed by atoms with van der Waals surface area (Å²) in [5, 5.41) is 2.78. The molecule has 2 aromatic carbocycles. The number of halogens is 3. The van der Waals surface area contributed by atoms with Crippen LogP contribution in [0.2, 0.25) is 5.02 Å². The number of aromatic nitrogens is 2. The second-order valence-corrected chi connectivity index (χ2v) is 6.99. The summed E-state index contributed by atoms with van der Waals surface area (Å²) in [6.45, 7) is -0.0373. The third-order valence-electron chi connectivity index (χ3n) is 4.51. The topological polar surface area (TPSA) is 84.1 Å². The van der Waals surface area contributed by atoms with E-state index in [0.29, 0.717) is 11.0 Å². The lowest BCUT2D eigenvalue weighted by Crippen LogP contribution is -2.17. The van der Waals surface area contributed by atoms with Gasteiger partial charge in [-0.1, -0.05) is 41.9 Å². The minimum Gasteiger partial charge on any atom is -0.444 e. The maximum atomic E-state index is 15.0. The van der Waals surface area contributed by atoms with Gasteiger partial charge in [-0.05, 0) is 23.8 Å². The van der Waals surface area contributed by atoms with E-state index in [-0.39, 0.29) is 22.9 Å². The Kier molecular flexibility index (Phi) is 5.64. The number of anilines is 1. The number of hydrogen-bond acceptors (Lipinski definition) is 4. The predicted molar refractivity (Wildman–Crippen MR) is 111 cm³/mol. The standard InChI is InChI=1S/C22H14ClF2N3O3/c23-13-8-14-15(10-27-21(14)26-9-13)20(29)18-16(24)6-7-17(19(18)25)28-22(30)31-11-12-4-2-1-3-5-12/h1-10H,11H2,(H,26,27)(H,28,30). The summed E-state index contributed by atoms with van der Waals surface area (Å²) in [6, 6.07) is 12.3. The number of carbonyl (C=O) groups is 2. The van der Waals surface area contributed by atoms with E-state index >= 15 is 0 Å². The zero-order valence-electron chi connectivity index (χ0n) is 15.8. The molecule has 31 heavy (non-hydrogen) atoms. The van der Waals surface area contributed by atoms with Gasteiger partial charge < -0.3 is 9.72 Å². The van der Waals surface area contributed by atoms with Crippen molar-refractivity contribution >= 4 is 40.2 Å². The van der Waals surface area contributed by atoms with Crippen LogP contribution in [0.4, 0.5) is 19.3 Å². The van der Waals surface area contributed by atoms with Crippen LogP contribution < -0.4 is 5.32 Å². The number of nitrogens with zero attached hydrogens (tertiary/aromatic N) is 1. The molecular weight excluding hydrogens is 428 g/mol. The highest BCUT2D eigenvalue weighted by atomic mass is 35.5. The lowest BCUT2D eigenvalue weighted by Gasteiger charge is -2.11. The van der Waals surface area contributed by atoms with E-state index in [2.05, 4.69) is 15.3 Å². The van der Waals surface area contributed by atoms with Crippen LogP contribution in [0.5, 0.6) is 0 Å². The molecule has 0 aliphatic heterocycles. The highest BCUT2D eigenvalue weighted by molar-refractivity contribution is 6.31. The van der Waals surface area contributed by atoms with Crippen molar-refractivity contribution in [2.24, 2.45) is 0 Å². The fraction of sp³-hybridized carbons (Fsp3) is 0.0455. The second-order valence-electron chi connectivity index (χ2n) is 6.55. The quantitative estimate of drug-likeness (QED) is 0.402. The van der Waals surface area contributed by atoms with Crippen molar-refractivity contribution < 1.29 is 23.1 Å². The van der Waals surface area contributed by atoms with E-state index in [1.54, 1.807) is 24.3 Å². The number of ether oxygens (including phenoxy) is 1. The minimum atomic E-state index is -1.22. The van der Waals surface area contributed by atoms with Crippen LogP contribution in [0.1, 0.15) is 21.5 Å². The number of H-pyrrole nitrogens is 1. The van der Waals surface area contributed by atoms with E-state index in [1.165, 1.54) is 18.5 Å². The summed E-state index contributed by atoms with van der Waals surface area (Å²) in [7, 11) is 0. The van der Waals surface area contributed by atoms with Crippen molar-refractivity contribution in [3.05, 3.63) is 94.3 Å². The zero-order valence-corrected chi connectivity index (χ0v) is 16.5. The lowest BCUT2D eigenvalue weighted by atomic mass is 10.0. The Bertz CT molecular complexity index is 1290. The van der Waals surface area contributed by atoms with Gasteiger partial charge in [-0.2, -0.15) is 0 Å². The molecule has 156 valence electrons. The minimum absolute atomic E-state index is 0.00777. The Morgan fingerprint density at radius 3 is 2.68 bits per heavy atom. The normalized spacial score (nSPS) is 10.8. The monoisotopic (exact) mass is 441 g/mol. The van der Waals surface area contributed by atoms with Crippen molar-refractivity contribution in [3.63, 3.8) is 0 Å². The molecule has 0 saturated carbocycles. The van der Waals surface area contributed by atoms with E-state index in [4.69, 9.17) is 16.3 Å².